The molecule has 0 radical (unpaired) electrons. The van der Waals surface area contributed by atoms with Crippen LogP contribution in [0.15, 0.2) is 53.4 Å². The fourth-order valence-electron chi connectivity index (χ4n) is 2.80. The van der Waals surface area contributed by atoms with E-state index in [1.807, 2.05) is 17.8 Å². The molecule has 2 atom stereocenters. The van der Waals surface area contributed by atoms with Crippen molar-refractivity contribution < 1.29 is 4.74 Å². The summed E-state index contributed by atoms with van der Waals surface area (Å²) in [6.07, 6.45) is 3.85. The molecule has 21 heavy (non-hydrogen) atoms. The third kappa shape index (κ3) is 2.81. The van der Waals surface area contributed by atoms with Gasteiger partial charge in [-0.1, -0.05) is 30.3 Å². The Morgan fingerprint density at radius 2 is 1.95 bits per heavy atom. The Morgan fingerprint density at radius 3 is 2.76 bits per heavy atom. The number of fused-ring (bicyclic) bond motifs is 1. The first-order valence-electron chi connectivity index (χ1n) is 7.56. The lowest BCUT2D eigenvalue weighted by molar-refractivity contribution is 0.302. The van der Waals surface area contributed by atoms with Gasteiger partial charge in [0.25, 0.3) is 0 Å². The average Bonchev–Trinajstić information content (AvgIpc) is 3.21. The van der Waals surface area contributed by atoms with Gasteiger partial charge < -0.3 is 10.5 Å². The van der Waals surface area contributed by atoms with Crippen molar-refractivity contribution >= 4 is 11.8 Å². The number of benzene rings is 2. The van der Waals surface area contributed by atoms with Crippen LogP contribution in [0.5, 0.6) is 5.75 Å². The summed E-state index contributed by atoms with van der Waals surface area (Å²) in [5.41, 5.74) is 9.12. The summed E-state index contributed by atoms with van der Waals surface area (Å²) in [5.74, 6) is 0.964. The Balaban J connectivity index is 1.51. The SMILES string of the molecule is NC(c1cccc(OC2CC2)c1)C1Cc2ccccc2S1. The van der Waals surface area contributed by atoms with E-state index in [2.05, 4.69) is 42.5 Å². The lowest BCUT2D eigenvalue weighted by atomic mass is 9.99. The van der Waals surface area contributed by atoms with Crippen molar-refractivity contribution in [2.75, 3.05) is 0 Å². The number of ether oxygens (including phenoxy) is 1. The van der Waals surface area contributed by atoms with E-state index in [9.17, 15) is 0 Å². The molecular formula is C18H19NOS. The van der Waals surface area contributed by atoms with E-state index in [0.29, 0.717) is 11.4 Å². The van der Waals surface area contributed by atoms with Gasteiger partial charge in [0.15, 0.2) is 0 Å². The van der Waals surface area contributed by atoms with E-state index in [0.717, 1.165) is 12.2 Å². The summed E-state index contributed by atoms with van der Waals surface area (Å²) in [7, 11) is 0. The van der Waals surface area contributed by atoms with Crippen LogP contribution in [0.4, 0.5) is 0 Å². The van der Waals surface area contributed by atoms with Crippen molar-refractivity contribution in [2.45, 2.75) is 41.6 Å². The molecule has 2 aromatic carbocycles. The Kier molecular flexibility index (Phi) is 3.40. The van der Waals surface area contributed by atoms with Crippen molar-refractivity contribution in [3.8, 4) is 5.75 Å². The summed E-state index contributed by atoms with van der Waals surface area (Å²) < 4.78 is 5.88. The Hall–Kier alpha value is -1.45. The van der Waals surface area contributed by atoms with Gasteiger partial charge in [0.1, 0.15) is 5.75 Å². The molecule has 0 saturated heterocycles. The molecule has 3 heteroatoms. The lowest BCUT2D eigenvalue weighted by Crippen LogP contribution is -2.23. The number of hydrogen-bond donors (Lipinski definition) is 1. The quantitative estimate of drug-likeness (QED) is 0.928. The van der Waals surface area contributed by atoms with E-state index < -0.39 is 0 Å². The average molecular weight is 297 g/mol. The number of thioether (sulfide) groups is 1. The molecule has 1 aliphatic heterocycles. The van der Waals surface area contributed by atoms with Crippen LogP contribution in [0.3, 0.4) is 0 Å². The van der Waals surface area contributed by atoms with Crippen LogP contribution in [-0.2, 0) is 6.42 Å². The molecule has 1 aliphatic carbocycles. The summed E-state index contributed by atoms with van der Waals surface area (Å²) in [6, 6.07) is 17.0. The molecule has 4 rings (SSSR count). The third-order valence-corrected chi connectivity index (χ3v) is 5.56. The van der Waals surface area contributed by atoms with Crippen LogP contribution in [0.25, 0.3) is 0 Å². The molecule has 0 bridgehead atoms. The van der Waals surface area contributed by atoms with Crippen molar-refractivity contribution in [3.63, 3.8) is 0 Å². The molecular weight excluding hydrogens is 278 g/mol. The predicted octanol–water partition coefficient (Wildman–Crippen LogP) is 3.94. The summed E-state index contributed by atoms with van der Waals surface area (Å²) >= 11 is 1.91. The van der Waals surface area contributed by atoms with Crippen LogP contribution < -0.4 is 10.5 Å². The molecule has 0 aromatic heterocycles. The Morgan fingerprint density at radius 1 is 1.10 bits per heavy atom. The maximum atomic E-state index is 6.52. The maximum absolute atomic E-state index is 6.52. The van der Waals surface area contributed by atoms with E-state index in [-0.39, 0.29) is 6.04 Å². The van der Waals surface area contributed by atoms with Crippen molar-refractivity contribution in [1.29, 1.82) is 0 Å². The normalized spacial score (nSPS) is 21.9. The number of rotatable bonds is 4. The standard InChI is InChI=1S/C18H19NOS/c19-18(17-11-12-4-1-2-7-16(12)21-17)13-5-3-6-15(10-13)20-14-8-9-14/h1-7,10,14,17-18H,8-9,11,19H2. The minimum atomic E-state index is 0.0464. The first-order valence-corrected chi connectivity index (χ1v) is 8.44. The zero-order valence-corrected chi connectivity index (χ0v) is 12.7. The van der Waals surface area contributed by atoms with Gasteiger partial charge in [-0.15, -0.1) is 11.8 Å². The van der Waals surface area contributed by atoms with Gasteiger partial charge in [0.2, 0.25) is 0 Å². The highest BCUT2D eigenvalue weighted by atomic mass is 32.2. The van der Waals surface area contributed by atoms with E-state index in [1.54, 1.807) is 0 Å². The van der Waals surface area contributed by atoms with Crippen molar-refractivity contribution in [3.05, 3.63) is 59.7 Å². The molecule has 2 aromatic rings. The zero-order valence-electron chi connectivity index (χ0n) is 11.9. The van der Waals surface area contributed by atoms with Gasteiger partial charge in [-0.2, -0.15) is 0 Å². The summed E-state index contributed by atoms with van der Waals surface area (Å²) in [4.78, 5) is 1.38. The van der Waals surface area contributed by atoms with Gasteiger partial charge in [0.05, 0.1) is 6.10 Å². The van der Waals surface area contributed by atoms with Crippen LogP contribution >= 0.6 is 11.8 Å². The van der Waals surface area contributed by atoms with Crippen LogP contribution in [0, 0.1) is 0 Å². The van der Waals surface area contributed by atoms with Gasteiger partial charge in [0, 0.05) is 16.2 Å². The van der Waals surface area contributed by atoms with Crippen LogP contribution in [0.2, 0.25) is 0 Å². The predicted molar refractivity (Wildman–Crippen MR) is 86.8 cm³/mol. The Bertz CT molecular complexity index is 628. The first kappa shape index (κ1) is 13.2. The van der Waals surface area contributed by atoms with E-state index in [4.69, 9.17) is 10.5 Å². The fourth-order valence-corrected chi connectivity index (χ4v) is 4.15. The van der Waals surface area contributed by atoms with Crippen molar-refractivity contribution in [1.82, 2.24) is 0 Å². The molecule has 0 amide bonds. The number of nitrogens with two attached hydrogens (primary N) is 1. The molecule has 2 unspecified atom stereocenters. The molecule has 2 aliphatic rings. The van der Waals surface area contributed by atoms with Gasteiger partial charge in [-0.25, -0.2) is 0 Å². The summed E-state index contributed by atoms with van der Waals surface area (Å²) in [5, 5.41) is 0.415. The smallest absolute Gasteiger partial charge is 0.120 e. The van der Waals surface area contributed by atoms with E-state index in [1.165, 1.54) is 28.9 Å². The van der Waals surface area contributed by atoms with Crippen molar-refractivity contribution in [2.24, 2.45) is 5.73 Å². The molecule has 1 heterocycles. The molecule has 2 nitrogen and oxygen atoms in total. The largest absolute Gasteiger partial charge is 0.490 e. The molecule has 2 N–H and O–H groups in total. The second-order valence-corrected chi connectivity index (χ2v) is 7.16. The van der Waals surface area contributed by atoms with Crippen LogP contribution in [0.1, 0.15) is 30.0 Å². The second kappa shape index (κ2) is 5.39. The lowest BCUT2D eigenvalue weighted by Gasteiger charge is -2.19. The van der Waals surface area contributed by atoms with Gasteiger partial charge in [-0.3, -0.25) is 0 Å². The fraction of sp³-hybridized carbons (Fsp3) is 0.333. The molecule has 108 valence electrons. The topological polar surface area (TPSA) is 35.2 Å². The highest BCUT2D eigenvalue weighted by Gasteiger charge is 2.28. The number of hydrogen-bond acceptors (Lipinski definition) is 3. The van der Waals surface area contributed by atoms with Gasteiger partial charge in [-0.05, 0) is 48.6 Å². The monoisotopic (exact) mass is 297 g/mol. The zero-order chi connectivity index (χ0) is 14.2. The molecule has 1 fully saturated rings. The highest BCUT2D eigenvalue weighted by Crippen LogP contribution is 2.42. The van der Waals surface area contributed by atoms with Gasteiger partial charge >= 0.3 is 0 Å². The third-order valence-electron chi connectivity index (χ3n) is 4.14. The Labute approximate surface area is 129 Å². The first-order chi connectivity index (χ1) is 10.3. The molecule has 0 spiro atoms. The van der Waals surface area contributed by atoms with Crippen LogP contribution in [-0.4, -0.2) is 11.4 Å². The van der Waals surface area contributed by atoms with E-state index >= 15 is 0 Å². The minimum Gasteiger partial charge on any atom is -0.490 e. The summed E-state index contributed by atoms with van der Waals surface area (Å²) in [6.45, 7) is 0. The highest BCUT2D eigenvalue weighted by molar-refractivity contribution is 8.00. The maximum Gasteiger partial charge on any atom is 0.120 e. The molecule has 1 saturated carbocycles. The minimum absolute atomic E-state index is 0.0464. The second-order valence-electron chi connectivity index (χ2n) is 5.88.